The van der Waals surface area contributed by atoms with Gasteiger partial charge in [-0.25, -0.2) is 0 Å². The van der Waals surface area contributed by atoms with Gasteiger partial charge < -0.3 is 14.6 Å². The highest BCUT2D eigenvalue weighted by Crippen LogP contribution is 2.13. The fourth-order valence-electron chi connectivity index (χ4n) is 2.08. The van der Waals surface area contributed by atoms with Gasteiger partial charge in [-0.3, -0.25) is 0 Å². The maximum absolute atomic E-state index is 5.70. The van der Waals surface area contributed by atoms with Crippen LogP contribution in [0.3, 0.4) is 0 Å². The standard InChI is InChI=1S/C17H24N2O2/c1-3-4-5-10-20-17-8-6-15(7-9-17)12-18-13-16-11-14(2)21-19-16/h6-9,11,18H,3-5,10,12-13H2,1-2H3. The minimum atomic E-state index is 0.715. The van der Waals surface area contributed by atoms with Crippen LogP contribution in [0, 0.1) is 6.92 Å². The SMILES string of the molecule is CCCCCOc1ccc(CNCc2cc(C)on2)cc1. The molecule has 114 valence electrons. The molecule has 1 N–H and O–H groups in total. The van der Waals surface area contributed by atoms with E-state index in [2.05, 4.69) is 29.5 Å². The van der Waals surface area contributed by atoms with E-state index >= 15 is 0 Å². The largest absolute Gasteiger partial charge is 0.494 e. The topological polar surface area (TPSA) is 47.3 Å². The predicted molar refractivity (Wildman–Crippen MR) is 83.2 cm³/mol. The highest BCUT2D eigenvalue weighted by Gasteiger charge is 2.00. The molecule has 0 atom stereocenters. The lowest BCUT2D eigenvalue weighted by molar-refractivity contribution is 0.306. The van der Waals surface area contributed by atoms with Crippen LogP contribution in [0.25, 0.3) is 0 Å². The maximum Gasteiger partial charge on any atom is 0.133 e. The average Bonchev–Trinajstić information content (AvgIpc) is 2.91. The normalized spacial score (nSPS) is 10.8. The van der Waals surface area contributed by atoms with Crippen LogP contribution in [0.15, 0.2) is 34.9 Å². The van der Waals surface area contributed by atoms with E-state index in [0.717, 1.165) is 36.8 Å². The number of benzene rings is 1. The molecule has 1 heterocycles. The zero-order valence-electron chi connectivity index (χ0n) is 12.9. The number of hydrogen-bond donors (Lipinski definition) is 1. The molecular formula is C17H24N2O2. The first kappa shape index (κ1) is 15.6. The molecule has 0 radical (unpaired) electrons. The Morgan fingerprint density at radius 2 is 1.95 bits per heavy atom. The average molecular weight is 288 g/mol. The van der Waals surface area contributed by atoms with Crippen LogP contribution < -0.4 is 10.1 Å². The molecule has 21 heavy (non-hydrogen) atoms. The molecule has 2 aromatic rings. The lowest BCUT2D eigenvalue weighted by atomic mass is 10.2. The van der Waals surface area contributed by atoms with Crippen molar-refractivity contribution in [2.45, 2.75) is 46.2 Å². The second-order valence-electron chi connectivity index (χ2n) is 5.23. The van der Waals surface area contributed by atoms with Gasteiger partial charge >= 0.3 is 0 Å². The summed E-state index contributed by atoms with van der Waals surface area (Å²) in [7, 11) is 0. The van der Waals surface area contributed by atoms with Gasteiger partial charge in [0, 0.05) is 19.2 Å². The van der Waals surface area contributed by atoms with E-state index < -0.39 is 0 Å². The van der Waals surface area contributed by atoms with Crippen molar-refractivity contribution in [3.8, 4) is 5.75 Å². The van der Waals surface area contributed by atoms with Crippen LogP contribution in [0.2, 0.25) is 0 Å². The molecule has 0 unspecified atom stereocenters. The second-order valence-corrected chi connectivity index (χ2v) is 5.23. The molecule has 4 heteroatoms. The van der Waals surface area contributed by atoms with Crippen LogP contribution in [0.1, 0.15) is 43.2 Å². The van der Waals surface area contributed by atoms with Crippen molar-refractivity contribution in [1.29, 1.82) is 0 Å². The van der Waals surface area contributed by atoms with Crippen molar-refractivity contribution >= 4 is 0 Å². The van der Waals surface area contributed by atoms with E-state index in [1.807, 2.05) is 25.1 Å². The van der Waals surface area contributed by atoms with Gasteiger partial charge in [0.05, 0.1) is 12.3 Å². The molecule has 0 amide bonds. The van der Waals surface area contributed by atoms with Gasteiger partial charge in [-0.15, -0.1) is 0 Å². The van der Waals surface area contributed by atoms with Crippen LogP contribution in [-0.2, 0) is 13.1 Å². The van der Waals surface area contributed by atoms with E-state index in [1.165, 1.54) is 18.4 Å². The Balaban J connectivity index is 1.69. The summed E-state index contributed by atoms with van der Waals surface area (Å²) < 4.78 is 10.7. The van der Waals surface area contributed by atoms with Crippen molar-refractivity contribution in [3.05, 3.63) is 47.3 Å². The summed E-state index contributed by atoms with van der Waals surface area (Å²) in [6.07, 6.45) is 3.57. The maximum atomic E-state index is 5.70. The van der Waals surface area contributed by atoms with Crippen molar-refractivity contribution in [2.75, 3.05) is 6.61 Å². The first-order valence-electron chi connectivity index (χ1n) is 7.62. The minimum Gasteiger partial charge on any atom is -0.494 e. The third-order valence-corrected chi connectivity index (χ3v) is 3.25. The van der Waals surface area contributed by atoms with Crippen molar-refractivity contribution in [2.24, 2.45) is 0 Å². The summed E-state index contributed by atoms with van der Waals surface area (Å²) >= 11 is 0. The van der Waals surface area contributed by atoms with Crippen LogP contribution in [-0.4, -0.2) is 11.8 Å². The molecular weight excluding hydrogens is 264 g/mol. The second kappa shape index (κ2) is 8.47. The molecule has 1 aromatic carbocycles. The minimum absolute atomic E-state index is 0.715. The molecule has 0 saturated carbocycles. The van der Waals surface area contributed by atoms with E-state index in [-0.39, 0.29) is 0 Å². The quantitative estimate of drug-likeness (QED) is 0.712. The molecule has 0 aliphatic carbocycles. The number of aromatic nitrogens is 1. The van der Waals surface area contributed by atoms with Gasteiger partial charge in [-0.2, -0.15) is 0 Å². The molecule has 1 aromatic heterocycles. The lowest BCUT2D eigenvalue weighted by Crippen LogP contribution is -2.12. The summed E-state index contributed by atoms with van der Waals surface area (Å²) in [5.41, 5.74) is 2.17. The first-order chi connectivity index (χ1) is 10.3. The van der Waals surface area contributed by atoms with Crippen LogP contribution in [0.5, 0.6) is 5.75 Å². The summed E-state index contributed by atoms with van der Waals surface area (Å²) in [4.78, 5) is 0. The highest BCUT2D eigenvalue weighted by atomic mass is 16.5. The Labute approximate surface area is 126 Å². The molecule has 0 aliphatic rings. The summed E-state index contributed by atoms with van der Waals surface area (Å²) in [5, 5.41) is 7.30. The van der Waals surface area contributed by atoms with E-state index in [4.69, 9.17) is 9.26 Å². The van der Waals surface area contributed by atoms with Gasteiger partial charge in [-0.1, -0.05) is 37.1 Å². The van der Waals surface area contributed by atoms with E-state index in [1.54, 1.807) is 0 Å². The lowest BCUT2D eigenvalue weighted by Gasteiger charge is -2.07. The summed E-state index contributed by atoms with van der Waals surface area (Å²) in [6.45, 7) is 6.42. The van der Waals surface area contributed by atoms with Gasteiger partial charge in [0.2, 0.25) is 0 Å². The zero-order valence-corrected chi connectivity index (χ0v) is 12.9. The molecule has 0 saturated heterocycles. The van der Waals surface area contributed by atoms with Gasteiger partial charge in [0.1, 0.15) is 11.5 Å². The number of nitrogens with zero attached hydrogens (tertiary/aromatic N) is 1. The van der Waals surface area contributed by atoms with Gasteiger partial charge in [0.15, 0.2) is 0 Å². The number of rotatable bonds is 9. The number of unbranched alkanes of at least 4 members (excludes halogenated alkanes) is 2. The van der Waals surface area contributed by atoms with Crippen LogP contribution in [0.4, 0.5) is 0 Å². The molecule has 0 fully saturated rings. The van der Waals surface area contributed by atoms with Crippen molar-refractivity contribution < 1.29 is 9.26 Å². The summed E-state index contributed by atoms with van der Waals surface area (Å²) in [6, 6.07) is 10.2. The molecule has 0 aliphatic heterocycles. The van der Waals surface area contributed by atoms with Crippen LogP contribution >= 0.6 is 0 Å². The van der Waals surface area contributed by atoms with Crippen molar-refractivity contribution in [3.63, 3.8) is 0 Å². The fourth-order valence-corrected chi connectivity index (χ4v) is 2.08. The Morgan fingerprint density at radius 1 is 1.14 bits per heavy atom. The van der Waals surface area contributed by atoms with Crippen molar-refractivity contribution in [1.82, 2.24) is 10.5 Å². The van der Waals surface area contributed by atoms with Gasteiger partial charge in [-0.05, 0) is 31.0 Å². The third kappa shape index (κ3) is 5.60. The monoisotopic (exact) mass is 288 g/mol. The fraction of sp³-hybridized carbons (Fsp3) is 0.471. The highest BCUT2D eigenvalue weighted by molar-refractivity contribution is 5.27. The molecule has 0 spiro atoms. The summed E-state index contributed by atoms with van der Waals surface area (Å²) in [5.74, 6) is 1.79. The number of nitrogens with one attached hydrogen (secondary N) is 1. The molecule has 2 rings (SSSR count). The molecule has 4 nitrogen and oxygen atoms in total. The van der Waals surface area contributed by atoms with Gasteiger partial charge in [0.25, 0.3) is 0 Å². The predicted octanol–water partition coefficient (Wildman–Crippen LogP) is 3.84. The van der Waals surface area contributed by atoms with E-state index in [9.17, 15) is 0 Å². The third-order valence-electron chi connectivity index (χ3n) is 3.25. The first-order valence-corrected chi connectivity index (χ1v) is 7.62. The smallest absolute Gasteiger partial charge is 0.133 e. The number of hydrogen-bond acceptors (Lipinski definition) is 4. The van der Waals surface area contributed by atoms with E-state index in [0.29, 0.717) is 6.54 Å². The Kier molecular flexibility index (Phi) is 6.28. The molecule has 0 bridgehead atoms. The Bertz CT molecular complexity index is 520. The Morgan fingerprint density at radius 3 is 2.62 bits per heavy atom. The number of aryl methyl sites for hydroxylation is 1. The Hall–Kier alpha value is -1.81. The number of ether oxygens (including phenoxy) is 1. The zero-order chi connectivity index (χ0) is 14.9.